The monoisotopic (exact) mass is 866 g/mol. The van der Waals surface area contributed by atoms with Gasteiger partial charge in [-0.2, -0.15) is 0 Å². The minimum atomic E-state index is -1.40. The number of aliphatic hydroxyl groups excluding tert-OH is 2. The van der Waals surface area contributed by atoms with Crippen LogP contribution in [0.2, 0.25) is 0 Å². The Morgan fingerprint density at radius 2 is 1.75 bits per heavy atom. The number of carbonyl (C=O) groups excluding carboxylic acids is 1. The number of ether oxygens (including phenoxy) is 5. The van der Waals surface area contributed by atoms with E-state index in [9.17, 15) is 14.6 Å². The summed E-state index contributed by atoms with van der Waals surface area (Å²) in [6.07, 6.45) is 14.8. The van der Waals surface area contributed by atoms with Crippen LogP contribution in [0.25, 0.3) is 0 Å². The van der Waals surface area contributed by atoms with E-state index in [-0.39, 0.29) is 69.2 Å². The number of aliphatic hydroxyl groups is 2. The molecule has 3 aromatic rings. The Bertz CT molecular complexity index is 2120. The van der Waals surface area contributed by atoms with E-state index < -0.39 is 17.7 Å². The standard InChI is InChI=1S/C51H63FN2O9/c1-3-26-62-51-47(54(48(57)23-19-34-12-4-5-13-34)31-35-18-21-45-46(27-35)61-33-60-45)30-43(53-58-2)40-28-36(14-8-10-24-55)39(16-9-11-25-56)49(50(40)51)41-29-38(20-22-44(41)63-51)59-32-37-15-6-7-17-42(37)52/h3,6-7,15,17-18,20-22,27-29,34,36,39,47,49-50,55-56H,1,4-5,8-14,16,19,23-26,30-33H2,2H3/t36-,39+,47-,49+,50+,51+/m0/s1. The zero-order valence-electron chi connectivity index (χ0n) is 36.6. The zero-order chi connectivity index (χ0) is 43.8. The molecule has 0 bridgehead atoms. The van der Waals surface area contributed by atoms with Gasteiger partial charge in [0.05, 0.1) is 18.2 Å². The minimum absolute atomic E-state index is 0.00960. The number of nitrogens with zero attached hydrogens (tertiary/aromatic N) is 2. The zero-order valence-corrected chi connectivity index (χ0v) is 36.6. The first-order valence-corrected chi connectivity index (χ1v) is 23.0. The topological polar surface area (TPSA) is 129 Å². The number of benzene rings is 3. The Balaban J connectivity index is 1.28. The number of hydrogen-bond acceptors (Lipinski definition) is 10. The molecule has 2 N–H and O–H groups in total. The number of carbonyl (C=O) groups is 1. The van der Waals surface area contributed by atoms with Gasteiger partial charge in [-0.25, -0.2) is 4.39 Å². The van der Waals surface area contributed by atoms with Gasteiger partial charge in [0.1, 0.15) is 37.1 Å². The van der Waals surface area contributed by atoms with E-state index >= 15 is 4.79 Å². The van der Waals surface area contributed by atoms with Crippen molar-refractivity contribution in [1.82, 2.24) is 4.90 Å². The van der Waals surface area contributed by atoms with E-state index in [0.717, 1.165) is 67.4 Å². The highest BCUT2D eigenvalue weighted by Crippen LogP contribution is 2.62. The highest BCUT2D eigenvalue weighted by atomic mass is 19.1. The Morgan fingerprint density at radius 1 is 0.968 bits per heavy atom. The van der Waals surface area contributed by atoms with E-state index in [1.807, 2.05) is 41.3 Å². The molecule has 5 aliphatic rings. The summed E-state index contributed by atoms with van der Waals surface area (Å²) in [6.45, 7) is 4.88. The number of amides is 1. The van der Waals surface area contributed by atoms with Gasteiger partial charge in [0, 0.05) is 49.6 Å². The van der Waals surface area contributed by atoms with Crippen LogP contribution in [0.3, 0.4) is 0 Å². The third-order valence-corrected chi connectivity index (χ3v) is 13.9. The summed E-state index contributed by atoms with van der Waals surface area (Å²) in [5, 5.41) is 24.6. The Labute approximate surface area is 370 Å². The normalized spacial score (nSPS) is 25.2. The molecule has 2 heterocycles. The van der Waals surface area contributed by atoms with Crippen molar-refractivity contribution in [3.63, 3.8) is 0 Å². The van der Waals surface area contributed by atoms with E-state index in [0.29, 0.717) is 60.2 Å². The van der Waals surface area contributed by atoms with Gasteiger partial charge in [-0.05, 0) is 97.4 Å². The largest absolute Gasteiger partial charge is 0.489 e. The van der Waals surface area contributed by atoms with Crippen molar-refractivity contribution in [2.75, 3.05) is 33.7 Å². The molecule has 12 heteroatoms. The molecule has 0 spiro atoms. The van der Waals surface area contributed by atoms with Crippen LogP contribution in [0.5, 0.6) is 23.0 Å². The summed E-state index contributed by atoms with van der Waals surface area (Å²) in [5.74, 6) is 0.733. The summed E-state index contributed by atoms with van der Waals surface area (Å²) >= 11 is 0. The molecule has 338 valence electrons. The molecule has 8 rings (SSSR count). The van der Waals surface area contributed by atoms with Crippen LogP contribution in [0.15, 0.2) is 90.1 Å². The lowest BCUT2D eigenvalue weighted by atomic mass is 9.55. The summed E-state index contributed by atoms with van der Waals surface area (Å²) in [7, 11) is 1.55. The Kier molecular flexibility index (Phi) is 14.7. The fourth-order valence-corrected chi connectivity index (χ4v) is 11.0. The molecule has 0 radical (unpaired) electrons. The van der Waals surface area contributed by atoms with E-state index in [4.69, 9.17) is 33.7 Å². The predicted molar refractivity (Wildman–Crippen MR) is 237 cm³/mol. The molecule has 6 atom stereocenters. The number of rotatable bonds is 21. The molecule has 0 saturated heterocycles. The lowest BCUT2D eigenvalue weighted by molar-refractivity contribution is -0.258. The van der Waals surface area contributed by atoms with Crippen molar-refractivity contribution in [1.29, 1.82) is 0 Å². The molecule has 3 aliphatic carbocycles. The lowest BCUT2D eigenvalue weighted by Gasteiger charge is -2.60. The van der Waals surface area contributed by atoms with Crippen molar-refractivity contribution in [2.24, 2.45) is 28.8 Å². The predicted octanol–water partition coefficient (Wildman–Crippen LogP) is 9.40. The van der Waals surface area contributed by atoms with Gasteiger partial charge < -0.3 is 43.6 Å². The van der Waals surface area contributed by atoms with Crippen molar-refractivity contribution < 1.29 is 47.9 Å². The van der Waals surface area contributed by atoms with Gasteiger partial charge >= 0.3 is 0 Å². The van der Waals surface area contributed by atoms with E-state index in [2.05, 4.69) is 12.7 Å². The van der Waals surface area contributed by atoms with Gasteiger partial charge in [-0.1, -0.05) is 80.1 Å². The van der Waals surface area contributed by atoms with Crippen LogP contribution in [0.1, 0.15) is 106 Å². The van der Waals surface area contributed by atoms with Crippen molar-refractivity contribution >= 4 is 11.6 Å². The third kappa shape index (κ3) is 9.64. The number of unbranched alkanes of at least 4 members (excludes halogenated alkanes) is 2. The van der Waals surface area contributed by atoms with Crippen LogP contribution in [0.4, 0.5) is 4.39 Å². The summed E-state index contributed by atoms with van der Waals surface area (Å²) in [4.78, 5) is 22.8. The summed E-state index contributed by atoms with van der Waals surface area (Å²) in [5.41, 5.74) is 3.96. The van der Waals surface area contributed by atoms with E-state index in [1.54, 1.807) is 31.4 Å². The van der Waals surface area contributed by atoms with Crippen molar-refractivity contribution in [3.05, 3.63) is 107 Å². The molecular formula is C51H63FN2O9. The number of allylic oxidation sites excluding steroid dienone is 1. The van der Waals surface area contributed by atoms with Crippen molar-refractivity contribution in [2.45, 2.75) is 114 Å². The highest BCUT2D eigenvalue weighted by molar-refractivity contribution is 6.03. The number of hydrogen-bond donors (Lipinski definition) is 2. The van der Waals surface area contributed by atoms with Crippen molar-refractivity contribution in [3.8, 4) is 23.0 Å². The second-order valence-electron chi connectivity index (χ2n) is 17.7. The van der Waals surface area contributed by atoms with E-state index in [1.165, 1.54) is 18.9 Å². The maximum absolute atomic E-state index is 15.1. The molecule has 2 fully saturated rings. The smallest absolute Gasteiger partial charge is 0.239 e. The average molecular weight is 867 g/mol. The highest BCUT2D eigenvalue weighted by Gasteiger charge is 2.65. The van der Waals surface area contributed by atoms with Gasteiger partial charge in [0.2, 0.25) is 18.5 Å². The quantitative estimate of drug-likeness (QED) is 0.0612. The Hall–Kier alpha value is -4.91. The molecule has 0 aromatic heterocycles. The molecule has 1 amide bonds. The minimum Gasteiger partial charge on any atom is -0.489 e. The van der Waals surface area contributed by atoms with Gasteiger partial charge in [-0.3, -0.25) is 4.79 Å². The number of halogens is 1. The van der Waals surface area contributed by atoms with Crippen LogP contribution in [-0.2, 0) is 27.5 Å². The van der Waals surface area contributed by atoms with Crippen LogP contribution in [0, 0.1) is 29.5 Å². The molecular weight excluding hydrogens is 804 g/mol. The maximum Gasteiger partial charge on any atom is 0.239 e. The fourth-order valence-electron chi connectivity index (χ4n) is 11.0. The molecule has 2 aliphatic heterocycles. The van der Waals surface area contributed by atoms with Gasteiger partial charge in [0.15, 0.2) is 11.5 Å². The number of fused-ring (bicyclic) bond motifs is 3. The van der Waals surface area contributed by atoms with Gasteiger partial charge in [-0.15, -0.1) is 6.58 Å². The maximum atomic E-state index is 15.1. The Morgan fingerprint density at radius 3 is 2.52 bits per heavy atom. The molecule has 2 saturated carbocycles. The third-order valence-electron chi connectivity index (χ3n) is 13.9. The second-order valence-corrected chi connectivity index (χ2v) is 17.7. The molecule has 11 nitrogen and oxygen atoms in total. The first kappa shape index (κ1) is 44.7. The SMILES string of the molecule is C=CCO[C@@]12Oc3ccc(OCc4ccccc4F)cc3[C@H]3[C@H](CCCCO)[C@@H](CCCCO)C=C(C(=NOC)C[C@@H]1N(Cc1ccc4c(c1)OCO4)C(=O)CCC1CCCC1)[C@H]32. The second kappa shape index (κ2) is 20.7. The fraction of sp³-hybridized carbons (Fsp3) is 0.529. The molecule has 3 aromatic carbocycles. The summed E-state index contributed by atoms with van der Waals surface area (Å²) < 4.78 is 47.2. The lowest BCUT2D eigenvalue weighted by Crippen LogP contribution is -2.70. The summed E-state index contributed by atoms with van der Waals surface area (Å²) in [6, 6.07) is 17.6. The van der Waals surface area contributed by atoms with Crippen LogP contribution in [-0.4, -0.2) is 72.3 Å². The van der Waals surface area contributed by atoms with Crippen LogP contribution < -0.4 is 18.9 Å². The molecule has 63 heavy (non-hydrogen) atoms. The van der Waals surface area contributed by atoms with Gasteiger partial charge in [0.25, 0.3) is 0 Å². The number of oxime groups is 1. The van der Waals surface area contributed by atoms with Crippen LogP contribution >= 0.6 is 0 Å². The first-order chi connectivity index (χ1) is 30.9. The first-order valence-electron chi connectivity index (χ1n) is 23.0. The molecule has 0 unspecified atom stereocenters. The average Bonchev–Trinajstić information content (AvgIpc) is 4.01.